The van der Waals surface area contributed by atoms with Gasteiger partial charge >= 0.3 is 0 Å². The van der Waals surface area contributed by atoms with E-state index in [2.05, 4.69) is 16.0 Å². The van der Waals surface area contributed by atoms with Gasteiger partial charge in [0.25, 0.3) is 5.91 Å². The summed E-state index contributed by atoms with van der Waals surface area (Å²) in [6, 6.07) is 3.67. The van der Waals surface area contributed by atoms with Gasteiger partial charge in [0.15, 0.2) is 0 Å². The lowest BCUT2D eigenvalue weighted by atomic mass is 9.93. The van der Waals surface area contributed by atoms with Crippen molar-refractivity contribution in [3.63, 3.8) is 0 Å². The van der Waals surface area contributed by atoms with Crippen molar-refractivity contribution in [2.45, 2.75) is 32.1 Å². The SMILES string of the molecule is Cl.O=C(CCC1CCNCC1)NCCCNC(=O)c1cccs1. The van der Waals surface area contributed by atoms with Crippen molar-refractivity contribution in [1.82, 2.24) is 16.0 Å². The van der Waals surface area contributed by atoms with Crippen LogP contribution >= 0.6 is 23.7 Å². The molecule has 2 rings (SSSR count). The van der Waals surface area contributed by atoms with Crippen LogP contribution in [0.5, 0.6) is 0 Å². The van der Waals surface area contributed by atoms with Crippen LogP contribution in [0.15, 0.2) is 17.5 Å². The number of hydrogen-bond donors (Lipinski definition) is 3. The molecule has 0 radical (unpaired) electrons. The van der Waals surface area contributed by atoms with Gasteiger partial charge in [-0.3, -0.25) is 9.59 Å². The highest BCUT2D eigenvalue weighted by molar-refractivity contribution is 7.12. The third-order valence-corrected chi connectivity index (χ3v) is 4.81. The molecule has 1 saturated heterocycles. The van der Waals surface area contributed by atoms with Crippen LogP contribution < -0.4 is 16.0 Å². The summed E-state index contributed by atoms with van der Waals surface area (Å²) in [7, 11) is 0. The first-order valence-corrected chi connectivity index (χ1v) is 8.93. The Morgan fingerprint density at radius 3 is 2.65 bits per heavy atom. The average molecular weight is 360 g/mol. The van der Waals surface area contributed by atoms with Crippen molar-refractivity contribution in [2.24, 2.45) is 5.92 Å². The molecule has 1 aliphatic heterocycles. The molecule has 3 N–H and O–H groups in total. The topological polar surface area (TPSA) is 70.2 Å². The summed E-state index contributed by atoms with van der Waals surface area (Å²) in [5, 5.41) is 11.0. The second kappa shape index (κ2) is 11.4. The van der Waals surface area contributed by atoms with Crippen molar-refractivity contribution in [1.29, 1.82) is 0 Å². The summed E-state index contributed by atoms with van der Waals surface area (Å²) in [6.45, 7) is 3.37. The number of carbonyl (C=O) groups excluding carboxylic acids is 2. The number of hydrogen-bond acceptors (Lipinski definition) is 4. The fourth-order valence-corrected chi connectivity index (χ4v) is 3.25. The normalized spacial score (nSPS) is 14.8. The summed E-state index contributed by atoms with van der Waals surface area (Å²) in [5.41, 5.74) is 0. The van der Waals surface area contributed by atoms with E-state index in [0.29, 0.717) is 25.4 Å². The quantitative estimate of drug-likeness (QED) is 0.623. The lowest BCUT2D eigenvalue weighted by Crippen LogP contribution is -2.31. The Kier molecular flexibility index (Phi) is 9.91. The van der Waals surface area contributed by atoms with Crippen molar-refractivity contribution in [2.75, 3.05) is 26.2 Å². The Hall–Kier alpha value is -1.11. The second-order valence-electron chi connectivity index (χ2n) is 5.67. The van der Waals surface area contributed by atoms with Gasteiger partial charge in [-0.15, -0.1) is 23.7 Å². The van der Waals surface area contributed by atoms with E-state index in [9.17, 15) is 9.59 Å². The lowest BCUT2D eigenvalue weighted by molar-refractivity contribution is -0.121. The minimum atomic E-state index is -0.0350. The van der Waals surface area contributed by atoms with Crippen LogP contribution in [0.4, 0.5) is 0 Å². The van der Waals surface area contributed by atoms with Crippen molar-refractivity contribution >= 4 is 35.6 Å². The van der Waals surface area contributed by atoms with Crippen LogP contribution in [0.3, 0.4) is 0 Å². The monoisotopic (exact) mass is 359 g/mol. The predicted octanol–water partition coefficient (Wildman–Crippen LogP) is 2.19. The Balaban J connectivity index is 0.00000264. The molecular weight excluding hydrogens is 334 g/mol. The molecule has 0 bridgehead atoms. The molecule has 0 aromatic carbocycles. The second-order valence-corrected chi connectivity index (χ2v) is 6.62. The van der Waals surface area contributed by atoms with E-state index in [4.69, 9.17) is 0 Å². The fourth-order valence-electron chi connectivity index (χ4n) is 2.61. The summed E-state index contributed by atoms with van der Waals surface area (Å²) >= 11 is 1.43. The summed E-state index contributed by atoms with van der Waals surface area (Å²) < 4.78 is 0. The first-order chi connectivity index (χ1) is 10.8. The first-order valence-electron chi connectivity index (χ1n) is 8.05. The van der Waals surface area contributed by atoms with Crippen molar-refractivity contribution < 1.29 is 9.59 Å². The lowest BCUT2D eigenvalue weighted by Gasteiger charge is -2.22. The summed E-state index contributed by atoms with van der Waals surface area (Å²) in [6.07, 6.45) is 4.73. The number of amides is 2. The summed E-state index contributed by atoms with van der Waals surface area (Å²) in [4.78, 5) is 24.2. The summed E-state index contributed by atoms with van der Waals surface area (Å²) in [5.74, 6) is 0.785. The fraction of sp³-hybridized carbons (Fsp3) is 0.625. The Bertz CT molecular complexity index is 462. The molecule has 0 spiro atoms. The molecule has 1 aromatic heterocycles. The number of rotatable bonds is 8. The standard InChI is InChI=1S/C16H25N3O2S.ClH/c20-15(5-4-13-6-10-17-11-7-13)18-8-2-9-19-16(21)14-3-1-12-22-14;/h1,3,12-13,17H,2,4-11H2,(H,18,20)(H,19,21);1H. The molecule has 0 atom stereocenters. The molecule has 2 heterocycles. The highest BCUT2D eigenvalue weighted by Gasteiger charge is 2.14. The van der Waals surface area contributed by atoms with Crippen molar-refractivity contribution in [3.8, 4) is 0 Å². The van der Waals surface area contributed by atoms with E-state index in [1.165, 1.54) is 24.2 Å². The average Bonchev–Trinajstić information content (AvgIpc) is 3.08. The van der Waals surface area contributed by atoms with Gasteiger partial charge in [-0.1, -0.05) is 6.07 Å². The van der Waals surface area contributed by atoms with Gasteiger partial charge in [-0.05, 0) is 56.1 Å². The molecule has 130 valence electrons. The number of piperidine rings is 1. The smallest absolute Gasteiger partial charge is 0.261 e. The largest absolute Gasteiger partial charge is 0.356 e. The molecule has 23 heavy (non-hydrogen) atoms. The van der Waals surface area contributed by atoms with E-state index in [-0.39, 0.29) is 24.2 Å². The van der Waals surface area contributed by atoms with E-state index in [1.54, 1.807) is 0 Å². The van der Waals surface area contributed by atoms with Gasteiger partial charge in [0.2, 0.25) is 5.91 Å². The van der Waals surface area contributed by atoms with Crippen molar-refractivity contribution in [3.05, 3.63) is 22.4 Å². The highest BCUT2D eigenvalue weighted by atomic mass is 35.5. The van der Waals surface area contributed by atoms with Gasteiger partial charge in [0.05, 0.1) is 4.88 Å². The van der Waals surface area contributed by atoms with E-state index >= 15 is 0 Å². The molecule has 0 aliphatic carbocycles. The minimum absolute atomic E-state index is 0. The third kappa shape index (κ3) is 7.81. The zero-order chi connectivity index (χ0) is 15.6. The van der Waals surface area contributed by atoms with Gasteiger partial charge in [0, 0.05) is 19.5 Å². The maximum atomic E-state index is 11.8. The van der Waals surface area contributed by atoms with Crippen LogP contribution in [-0.4, -0.2) is 38.0 Å². The molecule has 1 aromatic rings. The Morgan fingerprint density at radius 2 is 1.96 bits per heavy atom. The Labute approximate surface area is 148 Å². The molecule has 5 nitrogen and oxygen atoms in total. The molecule has 0 saturated carbocycles. The third-order valence-electron chi connectivity index (χ3n) is 3.94. The van der Waals surface area contributed by atoms with Gasteiger partial charge in [0.1, 0.15) is 0 Å². The van der Waals surface area contributed by atoms with Crippen LogP contribution in [0, 0.1) is 5.92 Å². The highest BCUT2D eigenvalue weighted by Crippen LogP contribution is 2.17. The van der Waals surface area contributed by atoms with E-state index in [0.717, 1.165) is 30.8 Å². The van der Waals surface area contributed by atoms with Gasteiger partial charge in [-0.25, -0.2) is 0 Å². The molecule has 1 fully saturated rings. The van der Waals surface area contributed by atoms with E-state index < -0.39 is 0 Å². The first kappa shape index (κ1) is 19.9. The predicted molar refractivity (Wildman–Crippen MR) is 96.4 cm³/mol. The molecule has 0 unspecified atom stereocenters. The Morgan fingerprint density at radius 1 is 1.22 bits per heavy atom. The van der Waals surface area contributed by atoms with Crippen LogP contribution in [-0.2, 0) is 4.79 Å². The van der Waals surface area contributed by atoms with Crippen LogP contribution in [0.2, 0.25) is 0 Å². The van der Waals surface area contributed by atoms with E-state index in [1.807, 2.05) is 17.5 Å². The molecule has 1 aliphatic rings. The van der Waals surface area contributed by atoms with Gasteiger partial charge in [-0.2, -0.15) is 0 Å². The minimum Gasteiger partial charge on any atom is -0.356 e. The maximum absolute atomic E-state index is 11.8. The van der Waals surface area contributed by atoms with Crippen LogP contribution in [0.1, 0.15) is 41.8 Å². The zero-order valence-corrected chi connectivity index (χ0v) is 14.9. The van der Waals surface area contributed by atoms with Gasteiger partial charge < -0.3 is 16.0 Å². The maximum Gasteiger partial charge on any atom is 0.261 e. The zero-order valence-electron chi connectivity index (χ0n) is 13.3. The molecule has 7 heteroatoms. The number of halogens is 1. The number of nitrogens with one attached hydrogen (secondary N) is 3. The van der Waals surface area contributed by atoms with Crippen LogP contribution in [0.25, 0.3) is 0 Å². The number of thiophene rings is 1. The number of carbonyl (C=O) groups is 2. The molecule has 2 amide bonds. The molecular formula is C16H26ClN3O2S.